The molecular weight excluding hydrogens is 360 g/mol. The number of anilines is 2. The first kappa shape index (κ1) is 20.0. The van der Waals surface area contributed by atoms with Crippen LogP contribution in [0.1, 0.15) is 24.2 Å². The first-order valence-corrected chi connectivity index (χ1v) is 9.34. The van der Waals surface area contributed by atoms with E-state index < -0.39 is 12.1 Å². The van der Waals surface area contributed by atoms with Gasteiger partial charge in [0.2, 0.25) is 11.8 Å². The summed E-state index contributed by atoms with van der Waals surface area (Å²) in [7, 11) is 3.47. The highest BCUT2D eigenvalue weighted by Crippen LogP contribution is 2.20. The standard InChI is InChI=1S/2C9H14N4O/c2*1-6-5-8-12(2)9(14)7(10)3-4-13(8)11-6/h2*5,7H,3-4,10H2,1-2H3/t7-;/m1./s1. The van der Waals surface area contributed by atoms with Gasteiger partial charge in [-0.1, -0.05) is 0 Å². The lowest BCUT2D eigenvalue weighted by Gasteiger charge is -2.16. The van der Waals surface area contributed by atoms with Gasteiger partial charge in [0.05, 0.1) is 23.5 Å². The van der Waals surface area contributed by atoms with Gasteiger partial charge in [-0.2, -0.15) is 10.2 Å². The maximum Gasteiger partial charge on any atom is 0.244 e. The van der Waals surface area contributed by atoms with E-state index in [1.54, 1.807) is 23.9 Å². The number of nitrogens with zero attached hydrogens (tertiary/aromatic N) is 6. The molecule has 152 valence electrons. The summed E-state index contributed by atoms with van der Waals surface area (Å²) in [6.45, 7) is 5.25. The Morgan fingerprint density at radius 2 is 1.18 bits per heavy atom. The van der Waals surface area contributed by atoms with Gasteiger partial charge in [0, 0.05) is 39.3 Å². The van der Waals surface area contributed by atoms with E-state index >= 15 is 0 Å². The molecule has 2 amide bonds. The second-order valence-corrected chi connectivity index (χ2v) is 7.32. The molecule has 4 N–H and O–H groups in total. The molecule has 2 aliphatic rings. The van der Waals surface area contributed by atoms with E-state index in [4.69, 9.17) is 11.5 Å². The molecule has 2 aliphatic heterocycles. The normalized spacial score (nSPS) is 22.1. The molecule has 0 saturated heterocycles. The van der Waals surface area contributed by atoms with Crippen LogP contribution in [0.5, 0.6) is 0 Å². The molecule has 10 nitrogen and oxygen atoms in total. The molecule has 0 spiro atoms. The van der Waals surface area contributed by atoms with Crippen LogP contribution >= 0.6 is 0 Å². The number of fused-ring (bicyclic) bond motifs is 2. The van der Waals surface area contributed by atoms with Gasteiger partial charge in [0.25, 0.3) is 0 Å². The van der Waals surface area contributed by atoms with Crippen LogP contribution in [0.4, 0.5) is 11.6 Å². The van der Waals surface area contributed by atoms with Gasteiger partial charge in [0.1, 0.15) is 11.6 Å². The molecule has 0 saturated carbocycles. The Hall–Kier alpha value is -2.72. The summed E-state index contributed by atoms with van der Waals surface area (Å²) in [6.07, 6.45) is 1.30. The van der Waals surface area contributed by atoms with Crippen molar-refractivity contribution in [1.82, 2.24) is 19.6 Å². The molecule has 2 atom stereocenters. The number of rotatable bonds is 0. The lowest BCUT2D eigenvalue weighted by atomic mass is 10.2. The fraction of sp³-hybridized carbons (Fsp3) is 0.556. The second-order valence-electron chi connectivity index (χ2n) is 7.32. The lowest BCUT2D eigenvalue weighted by Crippen LogP contribution is -2.40. The zero-order chi connectivity index (χ0) is 20.6. The molecule has 0 aromatic carbocycles. The fourth-order valence-electron chi connectivity index (χ4n) is 3.43. The number of likely N-dealkylation sites (N-methyl/N-ethyl adjacent to an activating group) is 2. The van der Waals surface area contributed by atoms with Gasteiger partial charge in [-0.3, -0.25) is 19.4 Å². The predicted molar refractivity (Wildman–Crippen MR) is 106 cm³/mol. The third-order valence-electron chi connectivity index (χ3n) is 5.05. The number of hydrogen-bond acceptors (Lipinski definition) is 6. The Morgan fingerprint density at radius 1 is 0.821 bits per heavy atom. The van der Waals surface area contributed by atoms with Crippen molar-refractivity contribution in [3.8, 4) is 0 Å². The minimum Gasteiger partial charge on any atom is -0.320 e. The van der Waals surface area contributed by atoms with E-state index in [1.807, 2.05) is 35.3 Å². The van der Waals surface area contributed by atoms with E-state index in [1.165, 1.54) is 0 Å². The van der Waals surface area contributed by atoms with Crippen molar-refractivity contribution in [2.45, 2.75) is 51.9 Å². The van der Waals surface area contributed by atoms with Crippen molar-refractivity contribution in [3.05, 3.63) is 23.5 Å². The van der Waals surface area contributed by atoms with Gasteiger partial charge >= 0.3 is 0 Å². The van der Waals surface area contributed by atoms with E-state index in [-0.39, 0.29) is 11.8 Å². The molecule has 0 fully saturated rings. The summed E-state index contributed by atoms with van der Waals surface area (Å²) < 4.78 is 3.67. The van der Waals surface area contributed by atoms with Crippen molar-refractivity contribution in [2.75, 3.05) is 23.9 Å². The number of carbonyl (C=O) groups is 2. The van der Waals surface area contributed by atoms with Crippen LogP contribution < -0.4 is 21.3 Å². The van der Waals surface area contributed by atoms with Gasteiger partial charge in [-0.05, 0) is 26.7 Å². The molecule has 4 rings (SSSR count). The van der Waals surface area contributed by atoms with Crippen LogP contribution in [-0.2, 0) is 22.7 Å². The smallest absolute Gasteiger partial charge is 0.244 e. The molecule has 1 unspecified atom stereocenters. The predicted octanol–water partition coefficient (Wildman–Crippen LogP) is -0.229. The third kappa shape index (κ3) is 3.78. The molecule has 0 aliphatic carbocycles. The average molecular weight is 388 g/mol. The van der Waals surface area contributed by atoms with Crippen LogP contribution in [0.3, 0.4) is 0 Å². The lowest BCUT2D eigenvalue weighted by molar-refractivity contribution is -0.120. The minimum absolute atomic E-state index is 0.0383. The number of hydrogen-bond donors (Lipinski definition) is 2. The minimum atomic E-state index is -0.401. The highest BCUT2D eigenvalue weighted by Gasteiger charge is 2.27. The van der Waals surface area contributed by atoms with Gasteiger partial charge < -0.3 is 11.5 Å². The van der Waals surface area contributed by atoms with Crippen molar-refractivity contribution in [2.24, 2.45) is 11.5 Å². The largest absolute Gasteiger partial charge is 0.320 e. The Balaban J connectivity index is 0.000000161. The van der Waals surface area contributed by atoms with Crippen molar-refractivity contribution in [3.63, 3.8) is 0 Å². The zero-order valence-electron chi connectivity index (χ0n) is 16.8. The summed E-state index contributed by atoms with van der Waals surface area (Å²) in [6, 6.07) is 3.00. The van der Waals surface area contributed by atoms with Gasteiger partial charge in [-0.25, -0.2) is 9.36 Å². The molecular formula is C18H28N8O2. The summed E-state index contributed by atoms with van der Waals surface area (Å²) in [5.41, 5.74) is 13.3. The third-order valence-corrected chi connectivity index (χ3v) is 5.05. The molecule has 28 heavy (non-hydrogen) atoms. The number of nitrogens with two attached hydrogens (primary N) is 2. The Bertz CT molecular complexity index is 814. The van der Waals surface area contributed by atoms with Gasteiger partial charge in [-0.15, -0.1) is 0 Å². The fourth-order valence-corrected chi connectivity index (χ4v) is 3.43. The van der Waals surface area contributed by atoms with E-state index in [2.05, 4.69) is 10.2 Å². The van der Waals surface area contributed by atoms with Crippen LogP contribution in [0.2, 0.25) is 0 Å². The quantitative estimate of drug-likeness (QED) is 0.642. The van der Waals surface area contributed by atoms with E-state index in [0.29, 0.717) is 25.9 Å². The first-order chi connectivity index (χ1) is 13.2. The summed E-state index contributed by atoms with van der Waals surface area (Å²) in [5.74, 6) is 1.59. The van der Waals surface area contributed by atoms with Crippen molar-refractivity contribution in [1.29, 1.82) is 0 Å². The number of aromatic nitrogens is 4. The Morgan fingerprint density at radius 3 is 1.54 bits per heavy atom. The monoisotopic (exact) mass is 388 g/mol. The maximum absolute atomic E-state index is 11.7. The maximum atomic E-state index is 11.7. The topological polar surface area (TPSA) is 128 Å². The first-order valence-electron chi connectivity index (χ1n) is 9.34. The molecule has 4 heterocycles. The highest BCUT2D eigenvalue weighted by molar-refractivity contribution is 5.96. The summed E-state index contributed by atoms with van der Waals surface area (Å²) in [5, 5.41) is 8.60. The van der Waals surface area contributed by atoms with Crippen LogP contribution in [-0.4, -0.2) is 57.6 Å². The molecule has 2 aromatic heterocycles. The highest BCUT2D eigenvalue weighted by atomic mass is 16.2. The van der Waals surface area contributed by atoms with Gasteiger partial charge in [0.15, 0.2) is 0 Å². The van der Waals surface area contributed by atoms with E-state index in [9.17, 15) is 9.59 Å². The molecule has 10 heteroatoms. The molecule has 0 radical (unpaired) electrons. The second kappa shape index (κ2) is 7.72. The molecule has 0 bridgehead atoms. The van der Waals surface area contributed by atoms with Crippen LogP contribution in [0, 0.1) is 13.8 Å². The zero-order valence-corrected chi connectivity index (χ0v) is 16.8. The molecule has 2 aromatic rings. The average Bonchev–Trinajstić information content (AvgIpc) is 3.18. The number of amides is 2. The Labute approximate surface area is 164 Å². The Kier molecular flexibility index (Phi) is 5.52. The van der Waals surface area contributed by atoms with Crippen LogP contribution in [0.25, 0.3) is 0 Å². The van der Waals surface area contributed by atoms with Crippen LogP contribution in [0.15, 0.2) is 12.1 Å². The number of carbonyl (C=O) groups excluding carboxylic acids is 2. The van der Waals surface area contributed by atoms with Crippen molar-refractivity contribution >= 4 is 23.5 Å². The summed E-state index contributed by atoms with van der Waals surface area (Å²) in [4.78, 5) is 26.5. The number of aryl methyl sites for hydroxylation is 4. The SMILES string of the molecule is Cc1cc2n(n1)CCC(N)C(=O)N2C.Cc1cc2n(n1)CC[C@@H](N)C(=O)N2C. The van der Waals surface area contributed by atoms with Crippen molar-refractivity contribution < 1.29 is 9.59 Å². The van der Waals surface area contributed by atoms with E-state index in [0.717, 1.165) is 23.0 Å². The summed E-state index contributed by atoms with van der Waals surface area (Å²) >= 11 is 0.